The molecular weight excluding hydrogens is 434 g/mol. The van der Waals surface area contributed by atoms with Gasteiger partial charge in [0.05, 0.1) is 12.0 Å². The van der Waals surface area contributed by atoms with Crippen LogP contribution < -0.4 is 10.1 Å². The summed E-state index contributed by atoms with van der Waals surface area (Å²) >= 11 is 5.26. The number of aromatic nitrogens is 2. The predicted molar refractivity (Wildman–Crippen MR) is 121 cm³/mol. The van der Waals surface area contributed by atoms with E-state index in [0.717, 1.165) is 38.4 Å². The molecule has 0 amide bonds. The lowest BCUT2D eigenvalue weighted by Crippen LogP contribution is -1.96. The van der Waals surface area contributed by atoms with Gasteiger partial charge in [-0.3, -0.25) is 0 Å². The molecule has 0 saturated heterocycles. The molecule has 0 saturated carbocycles. The smallest absolute Gasteiger partial charge is 0.143 e. The number of halogens is 1. The van der Waals surface area contributed by atoms with Gasteiger partial charge in [-0.05, 0) is 55.3 Å². The van der Waals surface area contributed by atoms with Crippen LogP contribution in [-0.2, 0) is 6.42 Å². The number of nitrogens with one attached hydrogen (secondary N) is 1. The summed E-state index contributed by atoms with van der Waals surface area (Å²) < 4.78 is 6.60. The molecule has 6 heteroatoms. The summed E-state index contributed by atoms with van der Waals surface area (Å²) in [6.07, 6.45) is 2.58. The maximum Gasteiger partial charge on any atom is 0.143 e. The molecule has 0 aliphatic carbocycles. The Morgan fingerprint density at radius 1 is 1.00 bits per heavy atom. The molecule has 0 spiro atoms. The quantitative estimate of drug-likeness (QED) is 0.347. The Hall–Kier alpha value is -2.44. The third-order valence-corrected chi connectivity index (χ3v) is 6.21. The van der Waals surface area contributed by atoms with Crippen LogP contribution in [0.25, 0.3) is 21.3 Å². The Morgan fingerprint density at radius 2 is 1.75 bits per heavy atom. The Labute approximate surface area is 176 Å². The van der Waals surface area contributed by atoms with Gasteiger partial charge in [0.1, 0.15) is 22.7 Å². The molecule has 4 aromatic rings. The normalized spacial score (nSPS) is 11.0. The minimum Gasteiger partial charge on any atom is -0.494 e. The summed E-state index contributed by atoms with van der Waals surface area (Å²) in [5.41, 5.74) is 3.36. The lowest BCUT2D eigenvalue weighted by molar-refractivity contribution is 0.340. The molecule has 0 unspecified atom stereocenters. The van der Waals surface area contributed by atoms with Crippen molar-refractivity contribution in [1.82, 2.24) is 9.97 Å². The third kappa shape index (κ3) is 3.75. The minimum absolute atomic E-state index is 0.657. The molecule has 1 N–H and O–H groups in total. The molecular formula is C22H20BrN3OS. The fraction of sp³-hybridized carbons (Fsp3) is 0.182. The minimum atomic E-state index is 0.657. The lowest BCUT2D eigenvalue weighted by Gasteiger charge is -2.10. The first kappa shape index (κ1) is 18.9. The van der Waals surface area contributed by atoms with Gasteiger partial charge in [-0.2, -0.15) is 0 Å². The number of nitrogens with zero attached hydrogens (tertiary/aromatic N) is 2. The fourth-order valence-electron chi connectivity index (χ4n) is 3.18. The standard InChI is InChI=1S/C22H20BrN3OS/c1-3-18-19(14-5-7-15(23)8-6-14)20-21(24-13-25-22(20)28-18)26-16-9-11-17(12-10-16)27-4-2/h5-13H,3-4H2,1-2H3,(H,24,25,26). The van der Waals surface area contributed by atoms with Crippen molar-refractivity contribution in [2.75, 3.05) is 11.9 Å². The van der Waals surface area contributed by atoms with E-state index in [0.29, 0.717) is 6.61 Å². The number of benzene rings is 2. The molecule has 142 valence electrons. The van der Waals surface area contributed by atoms with Gasteiger partial charge in [-0.25, -0.2) is 9.97 Å². The number of hydrogen-bond acceptors (Lipinski definition) is 5. The second kappa shape index (κ2) is 8.29. The highest BCUT2D eigenvalue weighted by Gasteiger charge is 2.18. The molecule has 2 aromatic heterocycles. The number of rotatable bonds is 6. The fourth-order valence-corrected chi connectivity index (χ4v) is 4.55. The molecule has 0 bridgehead atoms. The molecule has 4 rings (SSSR count). The Kier molecular flexibility index (Phi) is 5.59. The number of fused-ring (bicyclic) bond motifs is 1. The molecule has 0 aliphatic heterocycles. The average molecular weight is 454 g/mol. The maximum atomic E-state index is 5.53. The van der Waals surface area contributed by atoms with E-state index in [1.807, 2.05) is 31.2 Å². The summed E-state index contributed by atoms with van der Waals surface area (Å²) in [6.45, 7) is 4.82. The van der Waals surface area contributed by atoms with Crippen LogP contribution in [-0.4, -0.2) is 16.6 Å². The van der Waals surface area contributed by atoms with Crippen molar-refractivity contribution in [3.8, 4) is 16.9 Å². The zero-order valence-corrected chi connectivity index (χ0v) is 18.1. The molecule has 4 nitrogen and oxygen atoms in total. The molecule has 0 atom stereocenters. The summed E-state index contributed by atoms with van der Waals surface area (Å²) in [5.74, 6) is 1.68. The van der Waals surface area contributed by atoms with E-state index in [1.165, 1.54) is 16.0 Å². The number of aryl methyl sites for hydroxylation is 1. The van der Waals surface area contributed by atoms with Crippen molar-refractivity contribution in [3.05, 3.63) is 64.2 Å². The highest BCUT2D eigenvalue weighted by Crippen LogP contribution is 2.42. The second-order valence-corrected chi connectivity index (χ2v) is 8.24. The van der Waals surface area contributed by atoms with Crippen molar-refractivity contribution in [1.29, 1.82) is 0 Å². The van der Waals surface area contributed by atoms with Crippen LogP contribution in [0, 0.1) is 0 Å². The van der Waals surface area contributed by atoms with Crippen molar-refractivity contribution >= 4 is 49.0 Å². The summed E-state index contributed by atoms with van der Waals surface area (Å²) in [5, 5.41) is 4.54. The van der Waals surface area contributed by atoms with Gasteiger partial charge >= 0.3 is 0 Å². The number of anilines is 2. The second-order valence-electron chi connectivity index (χ2n) is 6.25. The van der Waals surface area contributed by atoms with Gasteiger partial charge in [-0.15, -0.1) is 11.3 Å². The van der Waals surface area contributed by atoms with Gasteiger partial charge in [0, 0.05) is 20.6 Å². The number of thiophene rings is 1. The van der Waals surface area contributed by atoms with E-state index in [4.69, 9.17) is 4.74 Å². The molecule has 2 heterocycles. The van der Waals surface area contributed by atoms with Crippen LogP contribution in [0.1, 0.15) is 18.7 Å². The first-order chi connectivity index (χ1) is 13.7. The van der Waals surface area contributed by atoms with E-state index in [9.17, 15) is 0 Å². The Balaban J connectivity index is 1.80. The molecule has 0 radical (unpaired) electrons. The lowest BCUT2D eigenvalue weighted by atomic mass is 10.0. The SMILES string of the molecule is CCOc1ccc(Nc2ncnc3sc(CC)c(-c4ccc(Br)cc4)c23)cc1. The maximum absolute atomic E-state index is 5.53. The van der Waals surface area contributed by atoms with E-state index in [-0.39, 0.29) is 0 Å². The first-order valence-corrected chi connectivity index (χ1v) is 10.8. The number of hydrogen-bond donors (Lipinski definition) is 1. The van der Waals surface area contributed by atoms with Crippen molar-refractivity contribution in [2.24, 2.45) is 0 Å². The topological polar surface area (TPSA) is 47.0 Å². The van der Waals surface area contributed by atoms with Crippen molar-refractivity contribution < 1.29 is 4.74 Å². The Morgan fingerprint density at radius 3 is 2.43 bits per heavy atom. The summed E-state index contributed by atoms with van der Waals surface area (Å²) in [4.78, 5) is 11.4. The van der Waals surface area contributed by atoms with Crippen LogP contribution in [0.3, 0.4) is 0 Å². The highest BCUT2D eigenvalue weighted by molar-refractivity contribution is 9.10. The van der Waals surface area contributed by atoms with Gasteiger partial charge in [-0.1, -0.05) is 35.0 Å². The van der Waals surface area contributed by atoms with Gasteiger partial charge in [0.15, 0.2) is 0 Å². The van der Waals surface area contributed by atoms with E-state index >= 15 is 0 Å². The Bertz CT molecular complexity index is 1090. The average Bonchev–Trinajstić information content (AvgIpc) is 3.10. The third-order valence-electron chi connectivity index (χ3n) is 4.44. The summed E-state index contributed by atoms with van der Waals surface area (Å²) in [6, 6.07) is 16.4. The first-order valence-electron chi connectivity index (χ1n) is 9.21. The largest absolute Gasteiger partial charge is 0.494 e. The van der Waals surface area contributed by atoms with Gasteiger partial charge in [0.2, 0.25) is 0 Å². The van der Waals surface area contributed by atoms with Crippen molar-refractivity contribution in [3.63, 3.8) is 0 Å². The number of ether oxygens (including phenoxy) is 1. The van der Waals surface area contributed by atoms with E-state index in [2.05, 4.69) is 62.4 Å². The monoisotopic (exact) mass is 453 g/mol. The van der Waals surface area contributed by atoms with E-state index < -0.39 is 0 Å². The highest BCUT2D eigenvalue weighted by atomic mass is 79.9. The van der Waals surface area contributed by atoms with Crippen LogP contribution >= 0.6 is 27.3 Å². The molecule has 28 heavy (non-hydrogen) atoms. The molecule has 0 fully saturated rings. The predicted octanol–water partition coefficient (Wildman–Crippen LogP) is 6.83. The molecule has 2 aromatic carbocycles. The van der Waals surface area contributed by atoms with E-state index in [1.54, 1.807) is 17.7 Å². The van der Waals surface area contributed by atoms with Crippen LogP contribution in [0.2, 0.25) is 0 Å². The van der Waals surface area contributed by atoms with Gasteiger partial charge in [0.25, 0.3) is 0 Å². The summed E-state index contributed by atoms with van der Waals surface area (Å²) in [7, 11) is 0. The van der Waals surface area contributed by atoms with Gasteiger partial charge < -0.3 is 10.1 Å². The zero-order chi connectivity index (χ0) is 19.5. The zero-order valence-electron chi connectivity index (χ0n) is 15.7. The molecule has 0 aliphatic rings. The van der Waals surface area contributed by atoms with Crippen LogP contribution in [0.4, 0.5) is 11.5 Å². The van der Waals surface area contributed by atoms with Crippen molar-refractivity contribution in [2.45, 2.75) is 20.3 Å². The van der Waals surface area contributed by atoms with Crippen LogP contribution in [0.5, 0.6) is 5.75 Å². The van der Waals surface area contributed by atoms with Crippen LogP contribution in [0.15, 0.2) is 59.3 Å².